The summed E-state index contributed by atoms with van der Waals surface area (Å²) in [6.45, 7) is 7.55. The van der Waals surface area contributed by atoms with E-state index in [1.54, 1.807) is 13.2 Å². The Kier molecular flexibility index (Phi) is 7.38. The lowest BCUT2D eigenvalue weighted by molar-refractivity contribution is 0.0991. The third kappa shape index (κ3) is 5.73. The molecule has 166 valence electrons. The van der Waals surface area contributed by atoms with Crippen LogP contribution < -0.4 is 9.64 Å². The summed E-state index contributed by atoms with van der Waals surface area (Å²) in [6, 6.07) is 14.3. The van der Waals surface area contributed by atoms with E-state index in [0.29, 0.717) is 11.8 Å². The van der Waals surface area contributed by atoms with Gasteiger partial charge < -0.3 is 14.7 Å². The van der Waals surface area contributed by atoms with Crippen molar-refractivity contribution in [2.75, 3.05) is 57.8 Å². The van der Waals surface area contributed by atoms with Crippen molar-refractivity contribution in [2.45, 2.75) is 18.9 Å². The summed E-state index contributed by atoms with van der Waals surface area (Å²) in [5.74, 6) is 0.686. The van der Waals surface area contributed by atoms with Gasteiger partial charge >= 0.3 is 0 Å². The van der Waals surface area contributed by atoms with Gasteiger partial charge in [0, 0.05) is 56.0 Å². The number of likely N-dealkylation sites (tertiary alicyclic amines) is 1. The molecule has 1 N–H and O–H groups in total. The van der Waals surface area contributed by atoms with Gasteiger partial charge in [0.15, 0.2) is 11.5 Å². The first-order chi connectivity index (χ1) is 15.1. The van der Waals surface area contributed by atoms with Crippen LogP contribution in [0.25, 0.3) is 6.08 Å². The zero-order chi connectivity index (χ0) is 21.6. The monoisotopic (exact) mass is 441 g/mol. The van der Waals surface area contributed by atoms with Crippen LogP contribution in [0.15, 0.2) is 48.5 Å². The number of nitrogens with zero attached hydrogens (tertiary/aromatic N) is 3. The Hall–Kier alpha value is -2.21. The normalized spacial score (nSPS) is 21.0. The number of benzene rings is 2. The first-order valence-corrected chi connectivity index (χ1v) is 11.5. The zero-order valence-electron chi connectivity index (χ0n) is 18.2. The minimum absolute atomic E-state index is 0.175. The van der Waals surface area contributed by atoms with Crippen LogP contribution in [0.4, 0.5) is 5.69 Å². The molecule has 1 unspecified atom stereocenters. The van der Waals surface area contributed by atoms with Crippen LogP contribution in [0.3, 0.4) is 0 Å². The maximum absolute atomic E-state index is 9.74. The maximum Gasteiger partial charge on any atom is 0.161 e. The highest BCUT2D eigenvalue weighted by Crippen LogP contribution is 2.27. The summed E-state index contributed by atoms with van der Waals surface area (Å²) in [7, 11) is 1.57. The van der Waals surface area contributed by atoms with Gasteiger partial charge in [0.05, 0.1) is 7.11 Å². The number of ether oxygens (including phenoxy) is 1. The summed E-state index contributed by atoms with van der Waals surface area (Å²) < 4.78 is 5.19. The highest BCUT2D eigenvalue weighted by Gasteiger charge is 2.27. The van der Waals surface area contributed by atoms with Crippen LogP contribution in [0.1, 0.15) is 18.4 Å². The van der Waals surface area contributed by atoms with Crippen LogP contribution in [-0.2, 0) is 0 Å². The summed E-state index contributed by atoms with van der Waals surface area (Å²) in [5.41, 5.74) is 2.27. The number of aromatic hydroxyl groups is 1. The molecule has 4 rings (SSSR count). The van der Waals surface area contributed by atoms with E-state index >= 15 is 0 Å². The van der Waals surface area contributed by atoms with Crippen molar-refractivity contribution in [1.82, 2.24) is 9.80 Å². The Labute approximate surface area is 190 Å². The number of halogens is 1. The van der Waals surface area contributed by atoms with Gasteiger partial charge in [-0.2, -0.15) is 0 Å². The van der Waals surface area contributed by atoms with Crippen molar-refractivity contribution in [3.8, 4) is 11.5 Å². The van der Waals surface area contributed by atoms with Gasteiger partial charge in [-0.25, -0.2) is 0 Å². The topological polar surface area (TPSA) is 39.2 Å². The third-order valence-corrected chi connectivity index (χ3v) is 6.60. The Balaban J connectivity index is 1.27. The Morgan fingerprint density at radius 2 is 1.94 bits per heavy atom. The Morgan fingerprint density at radius 1 is 1.10 bits per heavy atom. The molecule has 0 aromatic heterocycles. The number of piperazine rings is 1. The van der Waals surface area contributed by atoms with Gasteiger partial charge in [-0.3, -0.25) is 9.80 Å². The van der Waals surface area contributed by atoms with Gasteiger partial charge in [0.25, 0.3) is 0 Å². The van der Waals surface area contributed by atoms with E-state index in [9.17, 15) is 5.11 Å². The number of rotatable bonds is 6. The molecule has 6 heteroatoms. The molecule has 2 saturated heterocycles. The Morgan fingerprint density at radius 3 is 2.71 bits per heavy atom. The summed E-state index contributed by atoms with van der Waals surface area (Å²) >= 11 is 6.17. The average Bonchev–Trinajstić information content (AvgIpc) is 2.80. The van der Waals surface area contributed by atoms with Crippen LogP contribution in [0, 0.1) is 0 Å². The van der Waals surface area contributed by atoms with Crippen molar-refractivity contribution in [3.05, 3.63) is 59.1 Å². The number of hydrogen-bond acceptors (Lipinski definition) is 5. The number of hydrogen-bond donors (Lipinski definition) is 1. The number of methoxy groups -OCH3 is 1. The van der Waals surface area contributed by atoms with E-state index in [-0.39, 0.29) is 5.75 Å². The third-order valence-electron chi connectivity index (χ3n) is 6.36. The standard InChI is InChI=1S/C25H32ClN3O2/c1-31-25-17-20(9-10-24(25)30)5-3-11-27-12-4-8-23(19-27)29-15-13-28(14-16-29)22-7-2-6-21(26)18-22/h2-3,5-7,9-10,17-18,23,30H,4,8,11-16,19H2,1H3. The minimum atomic E-state index is 0.175. The highest BCUT2D eigenvalue weighted by atomic mass is 35.5. The molecule has 2 aliphatic rings. The largest absolute Gasteiger partial charge is 0.504 e. The van der Waals surface area contributed by atoms with E-state index in [1.165, 1.54) is 18.5 Å². The summed E-state index contributed by atoms with van der Waals surface area (Å²) in [4.78, 5) is 7.66. The molecule has 2 fully saturated rings. The molecule has 2 aromatic carbocycles. The zero-order valence-corrected chi connectivity index (χ0v) is 19.0. The average molecular weight is 442 g/mol. The molecule has 1 atom stereocenters. The van der Waals surface area contributed by atoms with E-state index in [1.807, 2.05) is 24.3 Å². The maximum atomic E-state index is 9.74. The first-order valence-electron chi connectivity index (χ1n) is 11.1. The van der Waals surface area contributed by atoms with Crippen molar-refractivity contribution >= 4 is 23.4 Å². The van der Waals surface area contributed by atoms with Crippen molar-refractivity contribution in [3.63, 3.8) is 0 Å². The molecule has 0 aliphatic carbocycles. The molecule has 31 heavy (non-hydrogen) atoms. The SMILES string of the molecule is COc1cc(C=CCN2CCCC(N3CCN(c4cccc(Cl)c4)CC3)C2)ccc1O. The van der Waals surface area contributed by atoms with Crippen LogP contribution in [0.2, 0.25) is 5.02 Å². The lowest BCUT2D eigenvalue weighted by Gasteiger charge is -2.43. The first kappa shape index (κ1) is 22.0. The van der Waals surface area contributed by atoms with Crippen LogP contribution in [-0.4, -0.2) is 73.9 Å². The van der Waals surface area contributed by atoms with E-state index < -0.39 is 0 Å². The van der Waals surface area contributed by atoms with E-state index in [2.05, 4.69) is 39.0 Å². The molecule has 0 radical (unpaired) electrons. The second-order valence-corrected chi connectivity index (χ2v) is 8.83. The fourth-order valence-corrected chi connectivity index (χ4v) is 4.83. The minimum Gasteiger partial charge on any atom is -0.504 e. The second kappa shape index (κ2) is 10.4. The van der Waals surface area contributed by atoms with Crippen molar-refractivity contribution < 1.29 is 9.84 Å². The van der Waals surface area contributed by atoms with Crippen LogP contribution in [0.5, 0.6) is 11.5 Å². The molecular formula is C25H32ClN3O2. The predicted molar refractivity (Wildman–Crippen MR) is 128 cm³/mol. The molecule has 0 amide bonds. The lowest BCUT2D eigenvalue weighted by atomic mass is 10.0. The Bertz CT molecular complexity index is 896. The van der Waals surface area contributed by atoms with Gasteiger partial charge in [-0.15, -0.1) is 0 Å². The number of phenols is 1. The smallest absolute Gasteiger partial charge is 0.161 e. The van der Waals surface area contributed by atoms with Gasteiger partial charge in [-0.05, 0) is 55.3 Å². The number of anilines is 1. The number of phenolic OH excluding ortho intramolecular Hbond substituents is 1. The lowest BCUT2D eigenvalue weighted by Crippen LogP contribution is -2.55. The van der Waals surface area contributed by atoms with Gasteiger partial charge in [0.1, 0.15) is 0 Å². The number of piperidine rings is 1. The molecule has 0 spiro atoms. The second-order valence-electron chi connectivity index (χ2n) is 8.39. The van der Waals surface area contributed by atoms with E-state index in [4.69, 9.17) is 16.3 Å². The highest BCUT2D eigenvalue weighted by molar-refractivity contribution is 6.30. The molecule has 2 heterocycles. The summed E-state index contributed by atoms with van der Waals surface area (Å²) in [6.07, 6.45) is 6.85. The molecule has 5 nitrogen and oxygen atoms in total. The molecule has 2 aliphatic heterocycles. The summed E-state index contributed by atoms with van der Waals surface area (Å²) in [5, 5.41) is 10.5. The van der Waals surface area contributed by atoms with Crippen molar-refractivity contribution in [2.24, 2.45) is 0 Å². The molecule has 0 saturated carbocycles. The molecule has 0 bridgehead atoms. The predicted octanol–water partition coefficient (Wildman–Crippen LogP) is 4.35. The molecular weight excluding hydrogens is 410 g/mol. The van der Waals surface area contributed by atoms with Gasteiger partial charge in [0.2, 0.25) is 0 Å². The quantitative estimate of drug-likeness (QED) is 0.721. The fraction of sp³-hybridized carbons (Fsp3) is 0.440. The van der Waals surface area contributed by atoms with E-state index in [0.717, 1.165) is 56.4 Å². The van der Waals surface area contributed by atoms with Gasteiger partial charge in [-0.1, -0.05) is 35.9 Å². The fourth-order valence-electron chi connectivity index (χ4n) is 4.65. The molecule has 2 aromatic rings. The van der Waals surface area contributed by atoms with Crippen molar-refractivity contribution in [1.29, 1.82) is 0 Å². The van der Waals surface area contributed by atoms with Crippen LogP contribution >= 0.6 is 11.6 Å².